The molecule has 0 aliphatic carbocycles. The molecule has 1 aromatic carbocycles. The van der Waals surface area contributed by atoms with Crippen molar-refractivity contribution in [3.63, 3.8) is 0 Å². The number of hydrogen-bond acceptors (Lipinski definition) is 3. The molecular formula is C9H9N3S. The Morgan fingerprint density at radius 3 is 3.00 bits per heavy atom. The van der Waals surface area contributed by atoms with Gasteiger partial charge in [-0.1, -0.05) is 6.07 Å². The first-order valence-corrected chi connectivity index (χ1v) is 4.70. The minimum Gasteiger partial charge on any atom is -0.384 e. The summed E-state index contributed by atoms with van der Waals surface area (Å²) in [6, 6.07) is 5.66. The van der Waals surface area contributed by atoms with E-state index < -0.39 is 0 Å². The lowest BCUT2D eigenvalue weighted by Crippen LogP contribution is -2.10. The maximum atomic E-state index is 7.38. The predicted molar refractivity (Wildman–Crippen MR) is 55.4 cm³/mol. The lowest BCUT2D eigenvalue weighted by atomic mass is 10.2. The summed E-state index contributed by atoms with van der Waals surface area (Å²) < 4.78 is 1.01. The molecule has 2 rings (SSSR count). The molecular weight excluding hydrogens is 182 g/mol. The van der Waals surface area contributed by atoms with Gasteiger partial charge in [0.05, 0.1) is 15.2 Å². The van der Waals surface area contributed by atoms with Gasteiger partial charge in [0.25, 0.3) is 0 Å². The van der Waals surface area contributed by atoms with Crippen LogP contribution >= 0.6 is 11.3 Å². The monoisotopic (exact) mass is 191 g/mol. The minimum atomic E-state index is 0.106. The summed E-state index contributed by atoms with van der Waals surface area (Å²) in [5, 5.41) is 8.39. The van der Waals surface area contributed by atoms with Crippen LogP contribution in [0.1, 0.15) is 10.6 Å². The fraction of sp³-hybridized carbons (Fsp3) is 0.111. The first-order chi connectivity index (χ1) is 6.18. The molecule has 0 saturated carbocycles. The normalized spacial score (nSPS) is 10.5. The van der Waals surface area contributed by atoms with E-state index in [0.29, 0.717) is 0 Å². The number of benzene rings is 1. The summed E-state index contributed by atoms with van der Waals surface area (Å²) in [5.74, 6) is 0.106. The molecule has 0 radical (unpaired) electrons. The summed E-state index contributed by atoms with van der Waals surface area (Å²) >= 11 is 1.58. The van der Waals surface area contributed by atoms with E-state index in [1.54, 1.807) is 11.3 Å². The third kappa shape index (κ3) is 1.29. The standard InChI is InChI=1S/C9H9N3S/c1-5-12-7-4-2-3-6(9(10)11)8(7)13-5/h2-4H,1H3,(H3,10,11). The van der Waals surface area contributed by atoms with Crippen LogP contribution in [0.15, 0.2) is 18.2 Å². The van der Waals surface area contributed by atoms with E-state index in [9.17, 15) is 0 Å². The van der Waals surface area contributed by atoms with Gasteiger partial charge in [-0.25, -0.2) is 4.98 Å². The predicted octanol–water partition coefficient (Wildman–Crippen LogP) is 1.89. The number of nitrogens with two attached hydrogens (primary N) is 1. The van der Waals surface area contributed by atoms with Gasteiger partial charge < -0.3 is 5.73 Å². The first-order valence-electron chi connectivity index (χ1n) is 3.89. The number of nitrogens with zero attached hydrogens (tertiary/aromatic N) is 1. The van der Waals surface area contributed by atoms with Crippen molar-refractivity contribution in [3.8, 4) is 0 Å². The van der Waals surface area contributed by atoms with Crippen molar-refractivity contribution in [3.05, 3.63) is 28.8 Å². The molecule has 0 unspecified atom stereocenters. The van der Waals surface area contributed by atoms with Gasteiger partial charge in [0.1, 0.15) is 5.84 Å². The van der Waals surface area contributed by atoms with Crippen LogP contribution in [0, 0.1) is 12.3 Å². The first kappa shape index (κ1) is 8.19. The van der Waals surface area contributed by atoms with Crippen molar-refractivity contribution in [2.75, 3.05) is 0 Å². The molecule has 4 heteroatoms. The molecule has 1 aromatic heterocycles. The van der Waals surface area contributed by atoms with Crippen LogP contribution < -0.4 is 5.73 Å². The highest BCUT2D eigenvalue weighted by Crippen LogP contribution is 2.24. The van der Waals surface area contributed by atoms with E-state index in [1.807, 2.05) is 25.1 Å². The second-order valence-corrected chi connectivity index (χ2v) is 4.00. The smallest absolute Gasteiger partial charge is 0.124 e. The maximum absolute atomic E-state index is 7.38. The SMILES string of the molecule is Cc1nc2cccc(C(=N)N)c2s1. The fourth-order valence-electron chi connectivity index (χ4n) is 1.27. The van der Waals surface area contributed by atoms with Gasteiger partial charge in [0, 0.05) is 5.56 Å². The molecule has 0 aliphatic rings. The van der Waals surface area contributed by atoms with E-state index >= 15 is 0 Å². The van der Waals surface area contributed by atoms with Gasteiger partial charge in [-0.3, -0.25) is 5.41 Å². The average molecular weight is 191 g/mol. The van der Waals surface area contributed by atoms with Crippen LogP contribution in [0.3, 0.4) is 0 Å². The van der Waals surface area contributed by atoms with Gasteiger partial charge in [-0.15, -0.1) is 11.3 Å². The third-order valence-corrected chi connectivity index (χ3v) is 2.83. The van der Waals surface area contributed by atoms with Crippen LogP contribution in [0.5, 0.6) is 0 Å². The summed E-state index contributed by atoms with van der Waals surface area (Å²) in [4.78, 5) is 4.32. The number of nitrogen functional groups attached to an aromatic ring is 1. The average Bonchev–Trinajstić information content (AvgIpc) is 2.43. The molecule has 13 heavy (non-hydrogen) atoms. The van der Waals surface area contributed by atoms with E-state index in [1.165, 1.54) is 0 Å². The summed E-state index contributed by atoms with van der Waals surface area (Å²) in [5.41, 5.74) is 7.16. The largest absolute Gasteiger partial charge is 0.384 e. The molecule has 0 bridgehead atoms. The van der Waals surface area contributed by atoms with Gasteiger partial charge in [0.15, 0.2) is 0 Å². The van der Waals surface area contributed by atoms with Crippen LogP contribution in [0.4, 0.5) is 0 Å². The molecule has 2 aromatic rings. The van der Waals surface area contributed by atoms with E-state index in [-0.39, 0.29) is 5.84 Å². The van der Waals surface area contributed by atoms with Gasteiger partial charge in [-0.05, 0) is 19.1 Å². The summed E-state index contributed by atoms with van der Waals surface area (Å²) in [6.45, 7) is 1.95. The zero-order chi connectivity index (χ0) is 9.42. The van der Waals surface area contributed by atoms with Gasteiger partial charge in [0.2, 0.25) is 0 Å². The Labute approximate surface area is 79.7 Å². The molecule has 0 aliphatic heterocycles. The Morgan fingerprint density at radius 2 is 2.31 bits per heavy atom. The number of hydrogen-bond donors (Lipinski definition) is 2. The van der Waals surface area contributed by atoms with Crippen molar-refractivity contribution in [2.24, 2.45) is 5.73 Å². The number of nitrogens with one attached hydrogen (secondary N) is 1. The summed E-state index contributed by atoms with van der Waals surface area (Å²) in [6.07, 6.45) is 0. The van der Waals surface area contributed by atoms with E-state index in [4.69, 9.17) is 11.1 Å². The Bertz CT molecular complexity index is 473. The van der Waals surface area contributed by atoms with E-state index in [0.717, 1.165) is 20.8 Å². The van der Waals surface area contributed by atoms with E-state index in [2.05, 4.69) is 4.98 Å². The molecule has 3 N–H and O–H groups in total. The molecule has 0 amide bonds. The van der Waals surface area contributed by atoms with Crippen molar-refractivity contribution in [2.45, 2.75) is 6.92 Å². The summed E-state index contributed by atoms with van der Waals surface area (Å²) in [7, 11) is 0. The van der Waals surface area contributed by atoms with Crippen molar-refractivity contribution < 1.29 is 0 Å². The number of thiazole rings is 1. The van der Waals surface area contributed by atoms with Crippen molar-refractivity contribution in [1.29, 1.82) is 5.41 Å². The molecule has 0 fully saturated rings. The van der Waals surface area contributed by atoms with Gasteiger partial charge >= 0.3 is 0 Å². The second-order valence-electron chi connectivity index (χ2n) is 2.80. The lowest BCUT2D eigenvalue weighted by molar-refractivity contribution is 1.34. The number of aromatic nitrogens is 1. The highest BCUT2D eigenvalue weighted by molar-refractivity contribution is 7.18. The zero-order valence-corrected chi connectivity index (χ0v) is 7.98. The third-order valence-electron chi connectivity index (χ3n) is 1.81. The van der Waals surface area contributed by atoms with Crippen molar-refractivity contribution >= 4 is 27.4 Å². The van der Waals surface area contributed by atoms with Crippen LogP contribution in [-0.2, 0) is 0 Å². The maximum Gasteiger partial charge on any atom is 0.124 e. The van der Waals surface area contributed by atoms with Crippen molar-refractivity contribution in [1.82, 2.24) is 4.98 Å². The molecule has 0 atom stereocenters. The Hall–Kier alpha value is -1.42. The molecule has 1 heterocycles. The number of rotatable bonds is 1. The number of aryl methyl sites for hydroxylation is 1. The van der Waals surface area contributed by atoms with Crippen LogP contribution in [0.25, 0.3) is 10.2 Å². The molecule has 3 nitrogen and oxygen atoms in total. The lowest BCUT2D eigenvalue weighted by Gasteiger charge is -1.97. The second kappa shape index (κ2) is 2.81. The highest BCUT2D eigenvalue weighted by atomic mass is 32.1. The Balaban J connectivity index is 2.82. The van der Waals surface area contributed by atoms with Crippen LogP contribution in [-0.4, -0.2) is 10.8 Å². The number of amidine groups is 1. The van der Waals surface area contributed by atoms with Gasteiger partial charge in [-0.2, -0.15) is 0 Å². The Kier molecular flexibility index (Phi) is 1.77. The zero-order valence-electron chi connectivity index (χ0n) is 7.16. The molecule has 0 saturated heterocycles. The molecule has 66 valence electrons. The topological polar surface area (TPSA) is 62.8 Å². The number of fused-ring (bicyclic) bond motifs is 1. The molecule has 0 spiro atoms. The minimum absolute atomic E-state index is 0.106. The Morgan fingerprint density at radius 1 is 1.54 bits per heavy atom. The van der Waals surface area contributed by atoms with Crippen LogP contribution in [0.2, 0.25) is 0 Å². The quantitative estimate of drug-likeness (QED) is 0.534. The highest BCUT2D eigenvalue weighted by Gasteiger charge is 2.06. The fourth-order valence-corrected chi connectivity index (χ4v) is 2.22.